The molecular weight excluding hydrogens is 1750 g/mol. The van der Waals surface area contributed by atoms with Crippen molar-refractivity contribution in [1.82, 2.24) is 54.8 Å². The Balaban J connectivity index is 0.567. The lowest BCUT2D eigenvalue weighted by molar-refractivity contribution is -0.133. The van der Waals surface area contributed by atoms with Crippen molar-refractivity contribution in [3.8, 4) is 0 Å². The van der Waals surface area contributed by atoms with E-state index in [-0.39, 0.29) is 265 Å². The van der Waals surface area contributed by atoms with Gasteiger partial charge in [-0.25, -0.2) is 14.0 Å². The fourth-order valence-corrected chi connectivity index (χ4v) is 14.3. The summed E-state index contributed by atoms with van der Waals surface area (Å²) in [4.78, 5) is 0. The molecule has 0 radical (unpaired) electrons. The number of aromatic amines is 1. The number of nitrogens with one attached hydrogen (secondary N) is 1. The lowest BCUT2D eigenvalue weighted by Crippen LogP contribution is -2.44. The summed E-state index contributed by atoms with van der Waals surface area (Å²) in [5, 5.41) is 76.4. The Labute approximate surface area is 765 Å². The van der Waals surface area contributed by atoms with Crippen LogP contribution >= 0.6 is 0 Å². The van der Waals surface area contributed by atoms with Crippen LogP contribution in [0.2, 0.25) is 0 Å². The van der Waals surface area contributed by atoms with Crippen molar-refractivity contribution in [1.29, 1.82) is 0 Å². The summed E-state index contributed by atoms with van der Waals surface area (Å²) in [6, 6.07) is 0. The largest absolute Gasteiger partial charge is 0.389 e. The first-order valence-electron chi connectivity index (χ1n) is 46.2. The van der Waals surface area contributed by atoms with E-state index >= 15 is 0 Å². The van der Waals surface area contributed by atoms with E-state index in [9.17, 15) is 20.4 Å². The van der Waals surface area contributed by atoms with Crippen LogP contribution in [-0.2, 0) is 204 Å². The highest BCUT2D eigenvalue weighted by Crippen LogP contribution is 2.32. The van der Waals surface area contributed by atoms with E-state index < -0.39 is 51.5 Å². The van der Waals surface area contributed by atoms with Crippen LogP contribution in [0, 0.1) is 27.1 Å². The van der Waals surface area contributed by atoms with Gasteiger partial charge in [0.25, 0.3) is 0 Å². The van der Waals surface area contributed by atoms with Crippen LogP contribution in [0.3, 0.4) is 0 Å². The molecule has 12 saturated heterocycles. The van der Waals surface area contributed by atoms with Gasteiger partial charge in [0, 0.05) is 6.20 Å². The molecule has 0 amide bonds. The molecule has 12 aliphatic rings. The summed E-state index contributed by atoms with van der Waals surface area (Å²) in [5.41, 5.74) is -1.69. The van der Waals surface area contributed by atoms with Crippen molar-refractivity contribution in [3.05, 3.63) is 47.6 Å². The third kappa shape index (κ3) is 39.2. The van der Waals surface area contributed by atoms with E-state index in [4.69, 9.17) is 152 Å². The zero-order valence-electron chi connectivity index (χ0n) is 75.5. The standard InChI is InChI=1S/C85H137N11O36/c97-65(5-93-4-64(89-93)12-104-44-84(58-118-26-78-38-130-78,59-119-27-79-39-131-79)60-120-28-80-40-132-80)13-105-45-85(46-106-14-66(98)6-94-1-61(86-90-94)9-101-41-81(49-109-17-69-29-121-69,50-110-18-70-30-122-70)51-111-19-71-31-123-71,47-107-15-67(99)7-95-2-62(87-91-95)10-102-42-82(52-112-20-72-32-124-72,53-113-21-73-33-125-73)54-114-22-74-34-126-74)48-108-16-68(100)8-96-3-63(88-92-96)11-103-43-83(55-115-23-75-35-127-75,56-116-24-76-36-128-76)57-117-25-77-37-129-77/h1-4,65-80,89,97-100H,5-60H2. The van der Waals surface area contributed by atoms with Crippen molar-refractivity contribution >= 4 is 0 Å². The van der Waals surface area contributed by atoms with E-state index in [1.165, 1.54) is 14.0 Å². The van der Waals surface area contributed by atoms with Crippen LogP contribution in [0.15, 0.2) is 24.8 Å². The van der Waals surface area contributed by atoms with Gasteiger partial charge in [-0.2, -0.15) is 0 Å². The Morgan fingerprint density at radius 2 is 0.417 bits per heavy atom. The predicted molar refractivity (Wildman–Crippen MR) is 444 cm³/mol. The van der Waals surface area contributed by atoms with Gasteiger partial charge in [-0.15, -0.1) is 15.3 Å². The molecule has 47 heteroatoms. The quantitative estimate of drug-likeness (QED) is 0.0265. The average Bonchev–Trinajstić information content (AvgIpc) is 1.31. The van der Waals surface area contributed by atoms with Crippen LogP contribution in [0.5, 0.6) is 0 Å². The molecule has 5 N–H and O–H groups in total. The van der Waals surface area contributed by atoms with Crippen molar-refractivity contribution in [3.63, 3.8) is 0 Å². The van der Waals surface area contributed by atoms with Crippen LogP contribution in [0.4, 0.5) is 0 Å². The number of epoxide rings is 12. The maximum atomic E-state index is 11.8. The van der Waals surface area contributed by atoms with Crippen molar-refractivity contribution in [2.45, 2.75) is 150 Å². The molecule has 132 heavy (non-hydrogen) atoms. The van der Waals surface area contributed by atoms with Crippen LogP contribution in [0.1, 0.15) is 22.8 Å². The predicted octanol–water partition coefficient (Wildman–Crippen LogP) is -3.82. The fraction of sp³-hybridized carbons (Fsp3) is 0.906. The third-order valence-electron chi connectivity index (χ3n) is 22.8. The van der Waals surface area contributed by atoms with E-state index in [1.54, 1.807) is 23.3 Å². The molecule has 16 heterocycles. The van der Waals surface area contributed by atoms with Gasteiger partial charge in [-0.3, -0.25) is 9.78 Å². The highest BCUT2D eigenvalue weighted by atomic mass is 16.7. The van der Waals surface area contributed by atoms with Gasteiger partial charge in [0.2, 0.25) is 0 Å². The summed E-state index contributed by atoms with van der Waals surface area (Å²) in [6.07, 6.45) is 3.11. The monoisotopic (exact) mass is 1890 g/mol. The highest BCUT2D eigenvalue weighted by Gasteiger charge is 2.44. The Bertz CT molecular complexity index is 3360. The van der Waals surface area contributed by atoms with E-state index in [1.807, 2.05) is 6.20 Å². The Hall–Kier alpha value is -4.68. The van der Waals surface area contributed by atoms with Gasteiger partial charge in [0.1, 0.15) is 90.3 Å². The summed E-state index contributed by atoms with van der Waals surface area (Å²) in [5.74, 6) is 0. The summed E-state index contributed by atoms with van der Waals surface area (Å²) in [7, 11) is 0. The number of hydrogen-bond donors (Lipinski definition) is 5. The number of aliphatic hydroxyl groups excluding tert-OH is 4. The van der Waals surface area contributed by atoms with E-state index in [0.29, 0.717) is 195 Å². The number of hydrogen-bond acceptors (Lipinski definition) is 42. The molecule has 0 saturated carbocycles. The molecule has 16 rings (SSSR count). The Morgan fingerprint density at radius 1 is 0.250 bits per heavy atom. The van der Waals surface area contributed by atoms with Crippen molar-refractivity contribution < 1.29 is 172 Å². The van der Waals surface area contributed by atoms with Gasteiger partial charge in [0.05, 0.1) is 446 Å². The number of nitrogens with zero attached hydrogens (tertiary/aromatic N) is 10. The minimum absolute atomic E-state index is 0.0296. The lowest BCUT2D eigenvalue weighted by atomic mass is 9.92. The first-order valence-corrected chi connectivity index (χ1v) is 46.2. The minimum Gasteiger partial charge on any atom is -0.389 e. The van der Waals surface area contributed by atoms with Crippen molar-refractivity contribution in [2.75, 3.05) is 317 Å². The topological polar surface area (TPSA) is 529 Å². The Morgan fingerprint density at radius 3 is 0.606 bits per heavy atom. The molecule has 0 aromatic carbocycles. The average molecular weight is 1890 g/mol. The fourth-order valence-electron chi connectivity index (χ4n) is 14.3. The zero-order chi connectivity index (χ0) is 90.4. The number of aromatic nitrogens is 11. The number of rotatable bonds is 88. The first kappa shape index (κ1) is 100. The maximum absolute atomic E-state index is 11.8. The molecule has 0 bridgehead atoms. The van der Waals surface area contributed by atoms with Crippen LogP contribution in [0.25, 0.3) is 0 Å². The van der Waals surface area contributed by atoms with Gasteiger partial charge in [-0.05, 0) is 0 Å². The maximum Gasteiger partial charge on any atom is 0.108 e. The number of ether oxygens (including phenoxy) is 32. The third-order valence-corrected chi connectivity index (χ3v) is 22.8. The molecule has 4 aromatic heterocycles. The van der Waals surface area contributed by atoms with Gasteiger partial charge < -0.3 is 172 Å². The molecule has 16 unspecified atom stereocenters. The van der Waals surface area contributed by atoms with Gasteiger partial charge >= 0.3 is 0 Å². The molecular formula is C85H137N11O36. The minimum atomic E-state index is -1.26. The summed E-state index contributed by atoms with van der Waals surface area (Å²) in [6.45, 7) is 16.4. The first-order chi connectivity index (χ1) is 64.6. The van der Waals surface area contributed by atoms with E-state index in [0.717, 1.165) is 5.69 Å². The smallest absolute Gasteiger partial charge is 0.108 e. The van der Waals surface area contributed by atoms with Crippen LogP contribution < -0.4 is 0 Å². The molecule has 748 valence electrons. The van der Waals surface area contributed by atoms with Gasteiger partial charge in [-0.1, -0.05) is 15.6 Å². The lowest BCUT2D eigenvalue weighted by Gasteiger charge is -2.34. The normalized spacial score (nSPS) is 27.1. The number of aliphatic hydroxyl groups is 4. The second kappa shape index (κ2) is 51.5. The summed E-state index contributed by atoms with van der Waals surface area (Å²) < 4.78 is 196. The highest BCUT2D eigenvalue weighted by molar-refractivity contribution is 4.98. The molecule has 12 fully saturated rings. The van der Waals surface area contributed by atoms with Gasteiger partial charge in [0.15, 0.2) is 0 Å². The zero-order valence-corrected chi connectivity index (χ0v) is 75.5. The molecule has 16 atom stereocenters. The second-order valence-electron chi connectivity index (χ2n) is 37.5. The summed E-state index contributed by atoms with van der Waals surface area (Å²) >= 11 is 0. The van der Waals surface area contributed by atoms with Crippen molar-refractivity contribution in [2.24, 2.45) is 27.1 Å². The molecule has 0 spiro atoms. The molecule has 0 aliphatic carbocycles. The molecule has 4 aromatic rings. The molecule has 47 nitrogen and oxygen atoms in total. The second-order valence-corrected chi connectivity index (χ2v) is 37.5. The molecule has 12 aliphatic heterocycles. The Kier molecular flexibility index (Phi) is 39.1. The number of H-pyrrole nitrogens is 1. The van der Waals surface area contributed by atoms with E-state index in [2.05, 4.69) is 36.0 Å². The van der Waals surface area contributed by atoms with Crippen LogP contribution in [-0.4, -0.2) is 490 Å². The SMILES string of the molecule is OC(COCC(COCC(O)Cn1cc(COCC(COCC2CO2)(COCC2CO2)COCC2CO2)nn1)(COCC(O)Cn1cc(COCC(COCC2CO2)(COCC2CO2)COCC2CO2)nn1)COCC(O)Cn1cc(COCC(COCC2CO2)(COCC2CO2)COCC2CO2)[nH]1)Cn1cc(COCC(COCC2CO2)(COCC2CO2)COCC2CO2)nn1.